The highest BCUT2D eigenvalue weighted by atomic mass is 16.4. The molecule has 2 aromatic carbocycles. The van der Waals surface area contributed by atoms with Gasteiger partial charge in [-0.25, -0.2) is 9.59 Å². The molecule has 0 aliphatic rings. The number of fused-ring (bicyclic) bond motifs is 2. The zero-order chi connectivity index (χ0) is 18.3. The Kier molecular flexibility index (Phi) is 3.39. The molecule has 0 atom stereocenters. The van der Waals surface area contributed by atoms with Crippen molar-refractivity contribution in [2.24, 2.45) is 0 Å². The van der Waals surface area contributed by atoms with E-state index in [0.29, 0.717) is 33.1 Å². The summed E-state index contributed by atoms with van der Waals surface area (Å²) >= 11 is 0. The maximum Gasteiger partial charge on any atom is 0.344 e. The molecule has 0 amide bonds. The zero-order valence-electron chi connectivity index (χ0n) is 13.1. The highest BCUT2D eigenvalue weighted by Gasteiger charge is 2.14. The summed E-state index contributed by atoms with van der Waals surface area (Å²) in [4.78, 5) is 24.7. The Labute approximate surface area is 145 Å². The normalized spacial score (nSPS) is 10.5. The van der Waals surface area contributed by atoms with Crippen LogP contribution in [0.2, 0.25) is 0 Å². The molecule has 122 valence electrons. The van der Waals surface area contributed by atoms with Gasteiger partial charge in [0.2, 0.25) is 0 Å². The van der Waals surface area contributed by atoms with Gasteiger partial charge in [-0.15, -0.1) is 0 Å². The van der Waals surface area contributed by atoms with E-state index in [-0.39, 0.29) is 11.1 Å². The molecule has 2 aromatic heterocycles. The minimum Gasteiger partial charge on any atom is -0.422 e. The average molecular weight is 340 g/mol. The van der Waals surface area contributed by atoms with E-state index in [0.717, 1.165) is 0 Å². The molecule has 0 bridgehead atoms. The van der Waals surface area contributed by atoms with Crippen LogP contribution in [0.3, 0.4) is 0 Å². The summed E-state index contributed by atoms with van der Waals surface area (Å²) in [5, 5.41) is 19.1. The number of rotatable bonds is 1. The second-order valence-electron chi connectivity index (χ2n) is 5.62. The fraction of sp³-hybridized carbons (Fsp3) is 0. The van der Waals surface area contributed by atoms with Crippen molar-refractivity contribution in [1.29, 1.82) is 10.5 Å². The molecule has 6 nitrogen and oxygen atoms in total. The molecule has 0 unspecified atom stereocenters. The molecule has 0 saturated carbocycles. The van der Waals surface area contributed by atoms with Crippen LogP contribution < -0.4 is 11.3 Å². The van der Waals surface area contributed by atoms with Crippen molar-refractivity contribution in [2.45, 2.75) is 0 Å². The lowest BCUT2D eigenvalue weighted by atomic mass is 10.0. The van der Waals surface area contributed by atoms with Crippen molar-refractivity contribution in [3.63, 3.8) is 0 Å². The van der Waals surface area contributed by atoms with E-state index in [1.54, 1.807) is 24.3 Å². The molecule has 2 heterocycles. The van der Waals surface area contributed by atoms with Gasteiger partial charge in [0.05, 0.1) is 34.4 Å². The minimum atomic E-state index is -0.690. The van der Waals surface area contributed by atoms with Gasteiger partial charge in [-0.1, -0.05) is 0 Å². The van der Waals surface area contributed by atoms with Crippen LogP contribution in [0.1, 0.15) is 11.1 Å². The third-order valence-corrected chi connectivity index (χ3v) is 4.01. The summed E-state index contributed by atoms with van der Waals surface area (Å²) in [6.07, 6.45) is 0. The van der Waals surface area contributed by atoms with Gasteiger partial charge >= 0.3 is 11.3 Å². The number of hydrogen-bond acceptors (Lipinski definition) is 6. The second kappa shape index (κ2) is 5.73. The van der Waals surface area contributed by atoms with Crippen molar-refractivity contribution < 1.29 is 8.83 Å². The first-order valence-corrected chi connectivity index (χ1v) is 7.55. The number of benzene rings is 2. The topological polar surface area (TPSA) is 108 Å². The molecule has 0 radical (unpaired) electrons. The lowest BCUT2D eigenvalue weighted by molar-refractivity contribution is 0.553. The molecule has 6 heteroatoms. The van der Waals surface area contributed by atoms with Crippen LogP contribution in [0.15, 0.2) is 67.0 Å². The summed E-state index contributed by atoms with van der Waals surface area (Å²) in [7, 11) is 0. The standard InChI is InChI=1S/C20H8N2O4/c21-9-11-1-3-17-13(5-11)7-15(19(23)25-17)16-8-14-6-12(10-22)2-4-18(14)26-20(16)24/h1-8H. The van der Waals surface area contributed by atoms with E-state index < -0.39 is 11.3 Å². The smallest absolute Gasteiger partial charge is 0.344 e. The van der Waals surface area contributed by atoms with E-state index in [1.165, 1.54) is 24.3 Å². The molecule has 0 saturated heterocycles. The molecule has 0 aliphatic carbocycles. The van der Waals surface area contributed by atoms with Crippen molar-refractivity contribution in [3.8, 4) is 23.3 Å². The lowest BCUT2D eigenvalue weighted by Gasteiger charge is -2.04. The molecule has 4 rings (SSSR count). The Morgan fingerprint density at radius 2 is 1.08 bits per heavy atom. The summed E-state index contributed by atoms with van der Waals surface area (Å²) < 4.78 is 10.5. The molecule has 0 aliphatic heterocycles. The zero-order valence-corrected chi connectivity index (χ0v) is 13.1. The first-order valence-electron chi connectivity index (χ1n) is 7.55. The van der Waals surface area contributed by atoms with E-state index in [4.69, 9.17) is 19.4 Å². The van der Waals surface area contributed by atoms with Gasteiger partial charge in [-0.3, -0.25) is 0 Å². The van der Waals surface area contributed by atoms with Gasteiger partial charge in [-0.05, 0) is 48.5 Å². The second-order valence-corrected chi connectivity index (χ2v) is 5.62. The van der Waals surface area contributed by atoms with Gasteiger partial charge in [0.25, 0.3) is 0 Å². The predicted octanol–water partition coefficient (Wildman–Crippen LogP) is 3.31. The Balaban J connectivity index is 2.02. The van der Waals surface area contributed by atoms with Crippen LogP contribution in [-0.2, 0) is 0 Å². The highest BCUT2D eigenvalue weighted by molar-refractivity contribution is 5.86. The maximum absolute atomic E-state index is 12.3. The summed E-state index contributed by atoms with van der Waals surface area (Å²) in [5.74, 6) is 0. The van der Waals surface area contributed by atoms with E-state index in [2.05, 4.69) is 0 Å². The first kappa shape index (κ1) is 15.4. The SMILES string of the molecule is N#Cc1ccc2oc(=O)c(-c3cc4cc(C#N)ccc4oc3=O)cc2c1. The van der Waals surface area contributed by atoms with Gasteiger partial charge < -0.3 is 8.83 Å². The molecule has 0 fully saturated rings. The highest BCUT2D eigenvalue weighted by Crippen LogP contribution is 2.23. The predicted molar refractivity (Wildman–Crippen MR) is 93.4 cm³/mol. The van der Waals surface area contributed by atoms with Crippen molar-refractivity contribution in [3.05, 3.63) is 80.5 Å². The van der Waals surface area contributed by atoms with Crippen molar-refractivity contribution in [2.75, 3.05) is 0 Å². The van der Waals surface area contributed by atoms with Gasteiger partial charge in [0, 0.05) is 10.8 Å². The molecular weight excluding hydrogens is 332 g/mol. The molecule has 26 heavy (non-hydrogen) atoms. The van der Waals surface area contributed by atoms with Gasteiger partial charge in [-0.2, -0.15) is 10.5 Å². The molecule has 4 aromatic rings. The van der Waals surface area contributed by atoms with Crippen LogP contribution in [-0.4, -0.2) is 0 Å². The Bertz CT molecular complexity index is 1290. The maximum atomic E-state index is 12.3. The summed E-state index contributed by atoms with van der Waals surface area (Å²) in [5.41, 5.74) is 0.124. The van der Waals surface area contributed by atoms with Gasteiger partial charge in [0.1, 0.15) is 11.2 Å². The van der Waals surface area contributed by atoms with Crippen molar-refractivity contribution >= 4 is 21.9 Å². The largest absolute Gasteiger partial charge is 0.422 e. The average Bonchev–Trinajstić information content (AvgIpc) is 2.66. The first-order chi connectivity index (χ1) is 12.6. The Hall–Kier alpha value is -4.16. The van der Waals surface area contributed by atoms with E-state index >= 15 is 0 Å². The summed E-state index contributed by atoms with van der Waals surface area (Å²) in [6.45, 7) is 0. The number of nitrogens with zero attached hydrogens (tertiary/aromatic N) is 2. The van der Waals surface area contributed by atoms with Crippen molar-refractivity contribution in [1.82, 2.24) is 0 Å². The van der Waals surface area contributed by atoms with E-state index in [1.807, 2.05) is 12.1 Å². The quantitative estimate of drug-likeness (QED) is 0.492. The third kappa shape index (κ3) is 2.43. The van der Waals surface area contributed by atoms with Crippen LogP contribution in [0.5, 0.6) is 0 Å². The lowest BCUT2D eigenvalue weighted by Crippen LogP contribution is -2.10. The van der Waals surface area contributed by atoms with Crippen LogP contribution in [0.25, 0.3) is 33.1 Å². The number of nitriles is 2. The number of hydrogen-bond donors (Lipinski definition) is 0. The molecule has 0 N–H and O–H groups in total. The summed E-state index contributed by atoms with van der Waals surface area (Å²) in [6, 6.07) is 16.3. The Morgan fingerprint density at radius 3 is 1.46 bits per heavy atom. The van der Waals surface area contributed by atoms with Crippen LogP contribution >= 0.6 is 0 Å². The molecule has 0 spiro atoms. The Morgan fingerprint density at radius 1 is 0.654 bits per heavy atom. The third-order valence-electron chi connectivity index (χ3n) is 4.01. The van der Waals surface area contributed by atoms with Crippen LogP contribution in [0.4, 0.5) is 0 Å². The van der Waals surface area contributed by atoms with Gasteiger partial charge in [0.15, 0.2) is 0 Å². The van der Waals surface area contributed by atoms with E-state index in [9.17, 15) is 9.59 Å². The van der Waals surface area contributed by atoms with Crippen LogP contribution in [0, 0.1) is 22.7 Å². The molecular formula is C20H8N2O4. The fourth-order valence-corrected chi connectivity index (χ4v) is 2.76. The monoisotopic (exact) mass is 340 g/mol. The fourth-order valence-electron chi connectivity index (χ4n) is 2.76. The minimum absolute atomic E-state index is 0.0330.